The van der Waals surface area contributed by atoms with Gasteiger partial charge in [0.2, 0.25) is 15.9 Å². The second kappa shape index (κ2) is 14.1. The number of nitrogens with two attached hydrogens (primary N) is 4. The van der Waals surface area contributed by atoms with Gasteiger partial charge in [0.1, 0.15) is 11.9 Å². The molecule has 0 saturated carbocycles. The van der Waals surface area contributed by atoms with Crippen LogP contribution in [0.15, 0.2) is 34.2 Å². The summed E-state index contributed by atoms with van der Waals surface area (Å²) in [5.41, 5.74) is 23.3. The average molecular weight is 536 g/mol. The summed E-state index contributed by atoms with van der Waals surface area (Å²) in [5, 5.41) is 2.41. The number of primary amides is 1. The van der Waals surface area contributed by atoms with Crippen molar-refractivity contribution >= 4 is 39.4 Å². The van der Waals surface area contributed by atoms with E-state index in [-0.39, 0.29) is 34.1 Å². The van der Waals surface area contributed by atoms with Crippen molar-refractivity contribution in [2.45, 2.75) is 58.4 Å². The van der Waals surface area contributed by atoms with Gasteiger partial charge >= 0.3 is 0 Å². The molecule has 0 aliphatic rings. The van der Waals surface area contributed by atoms with Crippen LogP contribution in [-0.2, 0) is 14.8 Å². The third kappa shape index (κ3) is 10.0. The topological polar surface area (TPSA) is 235 Å². The van der Waals surface area contributed by atoms with Gasteiger partial charge in [-0.05, 0) is 38.3 Å². The van der Waals surface area contributed by atoms with Gasteiger partial charge in [-0.2, -0.15) is 4.72 Å². The monoisotopic (exact) mass is 535 g/mol. The SMILES string of the molecule is CCCCN=C(N)NC(=O)c1nc(C)c(N)nc1N.Cc1ccc(S(=O)(=O)NC(C(N)=O)C(C)C)cc1. The Morgan fingerprint density at radius 3 is 2.14 bits per heavy atom. The first-order valence-electron chi connectivity index (χ1n) is 11.6. The van der Waals surface area contributed by atoms with Crippen LogP contribution in [0.5, 0.6) is 0 Å². The number of carbonyl (C=O) groups is 2. The molecule has 2 aromatic rings. The van der Waals surface area contributed by atoms with Gasteiger partial charge in [-0.3, -0.25) is 19.9 Å². The van der Waals surface area contributed by atoms with Crippen LogP contribution in [0.2, 0.25) is 0 Å². The van der Waals surface area contributed by atoms with Gasteiger partial charge in [-0.25, -0.2) is 18.4 Å². The van der Waals surface area contributed by atoms with Gasteiger partial charge in [0.15, 0.2) is 17.5 Å². The summed E-state index contributed by atoms with van der Waals surface area (Å²) in [4.78, 5) is 35.0. The van der Waals surface area contributed by atoms with Crippen LogP contribution in [0, 0.1) is 19.8 Å². The van der Waals surface area contributed by atoms with Gasteiger partial charge in [0, 0.05) is 6.54 Å². The van der Waals surface area contributed by atoms with Gasteiger partial charge in [-0.15, -0.1) is 0 Å². The number of anilines is 2. The number of amides is 2. The normalized spacial score (nSPS) is 12.4. The first-order valence-corrected chi connectivity index (χ1v) is 13.1. The molecule has 13 nitrogen and oxygen atoms in total. The fourth-order valence-electron chi connectivity index (χ4n) is 2.76. The van der Waals surface area contributed by atoms with Crippen molar-refractivity contribution in [1.82, 2.24) is 20.0 Å². The molecule has 204 valence electrons. The van der Waals surface area contributed by atoms with Crippen molar-refractivity contribution in [2.75, 3.05) is 18.0 Å². The molecule has 37 heavy (non-hydrogen) atoms. The molecular formula is C23H37N9O4S. The largest absolute Gasteiger partial charge is 0.382 e. The first-order chi connectivity index (χ1) is 17.2. The first kappa shape index (κ1) is 31.3. The number of hydrogen-bond acceptors (Lipinski definition) is 9. The second-order valence-corrected chi connectivity index (χ2v) is 10.3. The van der Waals surface area contributed by atoms with E-state index in [1.54, 1.807) is 32.9 Å². The number of benzene rings is 1. The second-order valence-electron chi connectivity index (χ2n) is 8.56. The number of aromatic nitrogens is 2. The van der Waals surface area contributed by atoms with Gasteiger partial charge < -0.3 is 22.9 Å². The van der Waals surface area contributed by atoms with Crippen molar-refractivity contribution < 1.29 is 18.0 Å². The number of nitrogens with one attached hydrogen (secondary N) is 2. The van der Waals surface area contributed by atoms with Crippen LogP contribution < -0.4 is 33.0 Å². The molecule has 0 spiro atoms. The quantitative estimate of drug-likeness (QED) is 0.149. The molecule has 1 aromatic carbocycles. The maximum Gasteiger partial charge on any atom is 0.280 e. The molecule has 14 heteroatoms. The molecule has 0 fully saturated rings. The Morgan fingerprint density at radius 1 is 1.03 bits per heavy atom. The zero-order valence-electron chi connectivity index (χ0n) is 21.8. The molecule has 1 unspecified atom stereocenters. The lowest BCUT2D eigenvalue weighted by Crippen LogP contribution is -2.47. The van der Waals surface area contributed by atoms with Crippen LogP contribution in [0.1, 0.15) is 55.4 Å². The highest BCUT2D eigenvalue weighted by molar-refractivity contribution is 7.89. The minimum Gasteiger partial charge on any atom is -0.382 e. The van der Waals surface area contributed by atoms with E-state index in [4.69, 9.17) is 22.9 Å². The summed E-state index contributed by atoms with van der Waals surface area (Å²) >= 11 is 0. The molecule has 0 aliphatic heterocycles. The number of aliphatic imine (C=N–C) groups is 1. The van der Waals surface area contributed by atoms with E-state index in [2.05, 4.69) is 25.0 Å². The van der Waals surface area contributed by atoms with E-state index in [0.717, 1.165) is 18.4 Å². The highest BCUT2D eigenvalue weighted by Gasteiger charge is 2.26. The number of hydrogen-bond donors (Lipinski definition) is 6. The smallest absolute Gasteiger partial charge is 0.280 e. The van der Waals surface area contributed by atoms with Crippen LogP contribution >= 0.6 is 0 Å². The van der Waals surface area contributed by atoms with E-state index < -0.39 is 27.9 Å². The fourth-order valence-corrected chi connectivity index (χ4v) is 4.11. The average Bonchev–Trinajstić information content (AvgIpc) is 2.80. The van der Waals surface area contributed by atoms with E-state index in [1.807, 2.05) is 13.8 Å². The van der Waals surface area contributed by atoms with Gasteiger partial charge in [0.25, 0.3) is 5.91 Å². The standard InChI is InChI=1S/C12H18N2O3S.C11H19N7O/c1-8(2)11(12(13)15)14-18(16,17)10-6-4-9(3)5-7-10;1-3-4-5-15-11(14)18-10(19)7-9(13)17-8(12)6(2)16-7/h4-8,11,14H,1-3H3,(H2,13,15);3-5H2,1-2H3,(H4,12,13,17)(H3,14,15,18,19). The maximum absolute atomic E-state index is 12.0. The third-order valence-electron chi connectivity index (χ3n) is 4.97. The molecule has 0 radical (unpaired) electrons. The minimum absolute atomic E-state index is 0.0136. The summed E-state index contributed by atoms with van der Waals surface area (Å²) in [7, 11) is -3.72. The van der Waals surface area contributed by atoms with Crippen molar-refractivity contribution in [3.05, 3.63) is 41.2 Å². The van der Waals surface area contributed by atoms with Gasteiger partial charge in [0.05, 0.1) is 10.6 Å². The molecule has 0 bridgehead atoms. The van der Waals surface area contributed by atoms with Gasteiger partial charge in [-0.1, -0.05) is 44.9 Å². The molecule has 1 aromatic heterocycles. The number of carbonyl (C=O) groups excluding carboxylic acids is 2. The van der Waals surface area contributed by atoms with E-state index in [9.17, 15) is 18.0 Å². The number of sulfonamides is 1. The predicted molar refractivity (Wildman–Crippen MR) is 144 cm³/mol. The molecule has 1 heterocycles. The maximum atomic E-state index is 12.0. The summed E-state index contributed by atoms with van der Waals surface area (Å²) in [6, 6.07) is 5.48. The van der Waals surface area contributed by atoms with Crippen molar-refractivity contribution in [3.63, 3.8) is 0 Å². The predicted octanol–water partition coefficient (Wildman–Crippen LogP) is 0.577. The van der Waals surface area contributed by atoms with Crippen molar-refractivity contribution in [2.24, 2.45) is 22.4 Å². The number of nitrogens with zero attached hydrogens (tertiary/aromatic N) is 3. The number of guanidine groups is 1. The molecule has 2 amide bonds. The number of nitrogen functional groups attached to an aromatic ring is 2. The highest BCUT2D eigenvalue weighted by Crippen LogP contribution is 2.13. The molecule has 10 N–H and O–H groups in total. The van der Waals surface area contributed by atoms with Crippen molar-refractivity contribution in [3.8, 4) is 0 Å². The Morgan fingerprint density at radius 2 is 1.62 bits per heavy atom. The summed E-state index contributed by atoms with van der Waals surface area (Å²) in [6.45, 7) is 9.56. The molecule has 0 saturated heterocycles. The number of rotatable bonds is 9. The zero-order chi connectivity index (χ0) is 28.3. The molecule has 0 aliphatic carbocycles. The Labute approximate surface area is 217 Å². The van der Waals surface area contributed by atoms with Crippen LogP contribution in [0.25, 0.3) is 0 Å². The Hall–Kier alpha value is -3.78. The summed E-state index contributed by atoms with van der Waals surface area (Å²) in [6.07, 6.45) is 1.90. The van der Waals surface area contributed by atoms with E-state index in [0.29, 0.717) is 12.2 Å². The van der Waals surface area contributed by atoms with E-state index in [1.165, 1.54) is 12.1 Å². The third-order valence-corrected chi connectivity index (χ3v) is 6.43. The molecule has 1 atom stereocenters. The highest BCUT2D eigenvalue weighted by atomic mass is 32.2. The summed E-state index contributed by atoms with van der Waals surface area (Å²) in [5.74, 6) is -1.25. The minimum atomic E-state index is -3.72. The Kier molecular flexibility index (Phi) is 11.9. The number of aryl methyl sites for hydroxylation is 2. The lowest BCUT2D eigenvalue weighted by Gasteiger charge is -2.18. The van der Waals surface area contributed by atoms with Crippen molar-refractivity contribution in [1.29, 1.82) is 0 Å². The Balaban J connectivity index is 0.000000371. The van der Waals surface area contributed by atoms with Crippen LogP contribution in [-0.4, -0.2) is 48.7 Å². The number of unbranched alkanes of at least 4 members (excludes halogenated alkanes) is 1. The Bertz CT molecular complexity index is 1210. The molecule has 2 rings (SSSR count). The van der Waals surface area contributed by atoms with Crippen LogP contribution in [0.4, 0.5) is 11.6 Å². The summed E-state index contributed by atoms with van der Waals surface area (Å²) < 4.78 is 26.4. The fraction of sp³-hybridized carbons (Fsp3) is 0.435. The van der Waals surface area contributed by atoms with Crippen LogP contribution in [0.3, 0.4) is 0 Å². The molecular weight excluding hydrogens is 498 g/mol. The lowest BCUT2D eigenvalue weighted by atomic mass is 10.1. The zero-order valence-corrected chi connectivity index (χ0v) is 22.6. The van der Waals surface area contributed by atoms with E-state index >= 15 is 0 Å². The lowest BCUT2D eigenvalue weighted by molar-refractivity contribution is -0.120.